The van der Waals surface area contributed by atoms with E-state index < -0.39 is 11.9 Å². The molecule has 0 aliphatic carbocycles. The first-order valence-corrected chi connectivity index (χ1v) is 9.69. The molecule has 1 unspecified atom stereocenters. The lowest BCUT2D eigenvalue weighted by molar-refractivity contribution is 0.114. The fourth-order valence-electron chi connectivity index (χ4n) is 3.12. The first-order valence-electron chi connectivity index (χ1n) is 9.69. The first-order chi connectivity index (χ1) is 14.4. The number of allylic oxidation sites excluding steroid dienone is 3. The maximum Gasteiger partial charge on any atom is 0.168 e. The molecular weight excluding hydrogens is 385 g/mol. The third-order valence-electron chi connectivity index (χ3n) is 5.25. The summed E-state index contributed by atoms with van der Waals surface area (Å²) in [5.74, 6) is 0.528. The number of halogens is 1. The van der Waals surface area contributed by atoms with E-state index in [4.69, 9.17) is 9.47 Å². The minimum atomic E-state index is -0.786. The average Bonchev–Trinajstić information content (AvgIpc) is 3.19. The molecule has 1 N–H and O–H groups in total. The van der Waals surface area contributed by atoms with Gasteiger partial charge in [0.2, 0.25) is 0 Å². The molecule has 0 aliphatic heterocycles. The van der Waals surface area contributed by atoms with Crippen LogP contribution in [0, 0.1) is 5.82 Å². The first kappa shape index (κ1) is 21.5. The lowest BCUT2D eigenvalue weighted by Crippen LogP contribution is -2.14. The molecule has 0 fully saturated rings. The maximum atomic E-state index is 13.3. The van der Waals surface area contributed by atoms with Crippen LogP contribution in [0.4, 0.5) is 4.39 Å². The Labute approximate surface area is 175 Å². The van der Waals surface area contributed by atoms with Gasteiger partial charge in [-0.2, -0.15) is 5.10 Å². The number of pyridine rings is 2. The molecule has 30 heavy (non-hydrogen) atoms. The summed E-state index contributed by atoms with van der Waals surface area (Å²) < 4.78 is 26.5. The standard InChI is InChI=1S/C23H26FN3O3/c1-6-14(2)15(3)16(4)17-9-20(23-21(29-5)11-26-27(23)12-17)30-22(13-28)19-8-7-18(24)10-25-19/h7-12,22,28H,4,6,13H2,1-3,5H3/b15-14+. The van der Waals surface area contributed by atoms with Crippen LogP contribution in [0.2, 0.25) is 0 Å². The summed E-state index contributed by atoms with van der Waals surface area (Å²) in [5.41, 5.74) is 5.06. The van der Waals surface area contributed by atoms with Crippen molar-refractivity contribution in [3.8, 4) is 11.5 Å². The predicted molar refractivity (Wildman–Crippen MR) is 114 cm³/mol. The summed E-state index contributed by atoms with van der Waals surface area (Å²) in [6.07, 6.45) is 4.69. The van der Waals surface area contributed by atoms with Gasteiger partial charge in [0, 0.05) is 11.8 Å². The molecule has 0 spiro atoms. The summed E-state index contributed by atoms with van der Waals surface area (Å²) in [5, 5.41) is 14.3. The van der Waals surface area contributed by atoms with Gasteiger partial charge in [0.1, 0.15) is 5.82 Å². The van der Waals surface area contributed by atoms with Gasteiger partial charge in [-0.1, -0.05) is 19.1 Å². The van der Waals surface area contributed by atoms with Gasteiger partial charge in [0.05, 0.1) is 31.8 Å². The highest BCUT2D eigenvalue weighted by Crippen LogP contribution is 2.36. The van der Waals surface area contributed by atoms with Crippen molar-refractivity contribution in [1.82, 2.24) is 14.6 Å². The molecule has 3 aromatic rings. The Kier molecular flexibility index (Phi) is 6.52. The molecule has 7 heteroatoms. The number of hydrogen-bond acceptors (Lipinski definition) is 5. The second-order valence-corrected chi connectivity index (χ2v) is 7.03. The number of aromatic nitrogens is 3. The second kappa shape index (κ2) is 9.09. The van der Waals surface area contributed by atoms with Crippen molar-refractivity contribution in [3.05, 3.63) is 71.6 Å². The van der Waals surface area contributed by atoms with Crippen LogP contribution in [-0.4, -0.2) is 33.4 Å². The Morgan fingerprint density at radius 3 is 2.63 bits per heavy atom. The smallest absolute Gasteiger partial charge is 0.168 e. The van der Waals surface area contributed by atoms with Crippen LogP contribution in [0.25, 0.3) is 11.1 Å². The summed E-state index contributed by atoms with van der Waals surface area (Å²) in [7, 11) is 1.55. The molecule has 158 valence electrons. The molecule has 1 atom stereocenters. The zero-order chi connectivity index (χ0) is 21.8. The Balaban J connectivity index is 2.10. The van der Waals surface area contributed by atoms with Gasteiger partial charge < -0.3 is 14.6 Å². The Morgan fingerprint density at radius 2 is 2.03 bits per heavy atom. The van der Waals surface area contributed by atoms with Gasteiger partial charge >= 0.3 is 0 Å². The van der Waals surface area contributed by atoms with Crippen molar-refractivity contribution in [3.63, 3.8) is 0 Å². The highest BCUT2D eigenvalue weighted by molar-refractivity contribution is 5.81. The van der Waals surface area contributed by atoms with Gasteiger partial charge in [-0.15, -0.1) is 0 Å². The van der Waals surface area contributed by atoms with E-state index in [1.165, 1.54) is 17.7 Å². The zero-order valence-electron chi connectivity index (χ0n) is 17.6. The lowest BCUT2D eigenvalue weighted by Gasteiger charge is -2.19. The van der Waals surface area contributed by atoms with E-state index in [1.54, 1.807) is 17.8 Å². The Bertz CT molecular complexity index is 1090. The van der Waals surface area contributed by atoms with E-state index in [0.717, 1.165) is 29.3 Å². The van der Waals surface area contributed by atoms with Gasteiger partial charge in [-0.25, -0.2) is 8.91 Å². The van der Waals surface area contributed by atoms with Crippen LogP contribution in [0.15, 0.2) is 54.5 Å². The molecule has 0 bridgehead atoms. The molecular formula is C23H26FN3O3. The fraction of sp³-hybridized carbons (Fsp3) is 0.304. The number of hydrogen-bond donors (Lipinski definition) is 1. The minimum absolute atomic E-state index is 0.333. The number of methoxy groups -OCH3 is 1. The van der Waals surface area contributed by atoms with Crippen LogP contribution in [0.5, 0.6) is 11.5 Å². The number of nitrogens with zero attached hydrogens (tertiary/aromatic N) is 3. The number of aliphatic hydroxyl groups excluding tert-OH is 1. The zero-order valence-corrected chi connectivity index (χ0v) is 17.6. The van der Waals surface area contributed by atoms with Crippen molar-refractivity contribution < 1.29 is 19.0 Å². The predicted octanol–water partition coefficient (Wildman–Crippen LogP) is 4.75. The van der Waals surface area contributed by atoms with E-state index >= 15 is 0 Å². The van der Waals surface area contributed by atoms with Crippen molar-refractivity contribution in [2.24, 2.45) is 0 Å². The van der Waals surface area contributed by atoms with Crippen LogP contribution >= 0.6 is 0 Å². The molecule has 3 rings (SSSR count). The fourth-order valence-corrected chi connectivity index (χ4v) is 3.12. The summed E-state index contributed by atoms with van der Waals surface area (Å²) in [4.78, 5) is 4.04. The summed E-state index contributed by atoms with van der Waals surface area (Å²) >= 11 is 0. The third kappa shape index (κ3) is 4.21. The van der Waals surface area contributed by atoms with Gasteiger partial charge in [-0.05, 0) is 49.6 Å². The third-order valence-corrected chi connectivity index (χ3v) is 5.25. The number of rotatable bonds is 8. The van der Waals surface area contributed by atoms with Gasteiger partial charge in [0.15, 0.2) is 23.1 Å². The number of fused-ring (bicyclic) bond motifs is 1. The highest BCUT2D eigenvalue weighted by Gasteiger charge is 2.20. The molecule has 6 nitrogen and oxygen atoms in total. The quantitative estimate of drug-likeness (QED) is 0.542. The summed E-state index contributed by atoms with van der Waals surface area (Å²) in [6, 6.07) is 4.62. The van der Waals surface area contributed by atoms with E-state index in [2.05, 4.69) is 30.5 Å². The Hall–Kier alpha value is -3.19. The topological polar surface area (TPSA) is 68.9 Å². The van der Waals surface area contributed by atoms with Crippen LogP contribution in [0.1, 0.15) is 44.6 Å². The molecule has 0 aliphatic rings. The largest absolute Gasteiger partial charge is 0.493 e. The van der Waals surface area contributed by atoms with E-state index in [-0.39, 0.29) is 6.61 Å². The van der Waals surface area contributed by atoms with E-state index in [1.807, 2.05) is 19.2 Å². The molecule has 0 saturated heterocycles. The molecule has 0 amide bonds. The molecule has 0 radical (unpaired) electrons. The molecule has 0 saturated carbocycles. The van der Waals surface area contributed by atoms with Crippen LogP contribution < -0.4 is 9.47 Å². The van der Waals surface area contributed by atoms with Crippen molar-refractivity contribution >= 4 is 11.1 Å². The number of ether oxygens (including phenoxy) is 2. The van der Waals surface area contributed by atoms with Gasteiger partial charge in [0.25, 0.3) is 0 Å². The molecule has 0 aromatic carbocycles. The Morgan fingerprint density at radius 1 is 1.27 bits per heavy atom. The maximum absolute atomic E-state index is 13.3. The van der Waals surface area contributed by atoms with Crippen molar-refractivity contribution in [1.29, 1.82) is 0 Å². The normalized spacial score (nSPS) is 13.1. The monoisotopic (exact) mass is 411 g/mol. The van der Waals surface area contributed by atoms with Crippen molar-refractivity contribution in [2.45, 2.75) is 33.3 Å². The van der Waals surface area contributed by atoms with E-state index in [9.17, 15) is 9.50 Å². The summed E-state index contributed by atoms with van der Waals surface area (Å²) in [6.45, 7) is 10.1. The van der Waals surface area contributed by atoms with E-state index in [0.29, 0.717) is 22.7 Å². The van der Waals surface area contributed by atoms with Crippen LogP contribution in [0.3, 0.4) is 0 Å². The lowest BCUT2D eigenvalue weighted by atomic mass is 9.97. The van der Waals surface area contributed by atoms with Crippen LogP contribution in [-0.2, 0) is 0 Å². The van der Waals surface area contributed by atoms with Crippen molar-refractivity contribution in [2.75, 3.05) is 13.7 Å². The highest BCUT2D eigenvalue weighted by atomic mass is 19.1. The molecule has 3 heterocycles. The second-order valence-electron chi connectivity index (χ2n) is 7.03. The molecule has 3 aromatic heterocycles. The number of aliphatic hydroxyl groups is 1. The SMILES string of the molecule is C=C(/C(C)=C(\C)CC)c1cc(OC(CO)c2ccc(F)cn2)c2c(OC)cnn2c1. The average molecular weight is 411 g/mol. The minimum Gasteiger partial charge on any atom is -0.493 e. The van der Waals surface area contributed by atoms with Gasteiger partial charge in [-0.3, -0.25) is 4.98 Å².